The number of hydrogen-bond acceptors (Lipinski definition) is 6. The van der Waals surface area contributed by atoms with Gasteiger partial charge in [0.05, 0.1) is 11.9 Å². The molecule has 8 nitrogen and oxygen atoms in total. The number of nitrogens with zero attached hydrogens (tertiary/aromatic N) is 1. The minimum Gasteiger partial charge on any atom is -0.439 e. The zero-order valence-electron chi connectivity index (χ0n) is 14.9. The topological polar surface area (TPSA) is 130 Å². The van der Waals surface area contributed by atoms with Gasteiger partial charge in [-0.05, 0) is 37.1 Å². The first kappa shape index (κ1) is 23.6. The van der Waals surface area contributed by atoms with Crippen molar-refractivity contribution in [1.29, 1.82) is 0 Å². The molecule has 10 heteroatoms. The summed E-state index contributed by atoms with van der Waals surface area (Å²) in [5.41, 5.74) is 11.3. The summed E-state index contributed by atoms with van der Waals surface area (Å²) in [5.74, 6) is -0.0393. The number of rotatable bonds is 5. The molecule has 1 saturated heterocycles. The SMILES string of the molecule is Cl.Cl.NC(=O)c1cccc(Oc2ccc(NC(=O)C3(N)CCOCC3)cn2)c1. The van der Waals surface area contributed by atoms with Gasteiger partial charge in [-0.1, -0.05) is 6.07 Å². The minimum atomic E-state index is -0.928. The van der Waals surface area contributed by atoms with Crippen molar-refractivity contribution >= 4 is 42.3 Å². The Hall–Kier alpha value is -2.39. The zero-order valence-corrected chi connectivity index (χ0v) is 16.6. The third-order valence-corrected chi connectivity index (χ3v) is 4.17. The number of halogens is 2. The molecule has 1 aromatic carbocycles. The number of nitrogens with one attached hydrogen (secondary N) is 1. The average molecular weight is 429 g/mol. The van der Waals surface area contributed by atoms with Crippen LogP contribution >= 0.6 is 24.8 Å². The third kappa shape index (κ3) is 5.80. The molecular weight excluding hydrogens is 407 g/mol. The number of ether oxygens (including phenoxy) is 2. The predicted molar refractivity (Wildman–Crippen MR) is 109 cm³/mol. The van der Waals surface area contributed by atoms with Crippen LogP contribution in [0.3, 0.4) is 0 Å². The van der Waals surface area contributed by atoms with E-state index in [0.29, 0.717) is 48.9 Å². The molecule has 0 aliphatic carbocycles. The van der Waals surface area contributed by atoms with Crippen molar-refractivity contribution < 1.29 is 19.1 Å². The first-order valence-corrected chi connectivity index (χ1v) is 8.18. The highest BCUT2D eigenvalue weighted by molar-refractivity contribution is 5.98. The molecule has 5 N–H and O–H groups in total. The first-order chi connectivity index (χ1) is 12.5. The van der Waals surface area contributed by atoms with Gasteiger partial charge in [0.1, 0.15) is 11.3 Å². The van der Waals surface area contributed by atoms with Gasteiger partial charge in [-0.2, -0.15) is 0 Å². The Kier molecular flexibility index (Phi) is 8.64. The number of amides is 2. The van der Waals surface area contributed by atoms with Crippen LogP contribution in [0.4, 0.5) is 5.69 Å². The van der Waals surface area contributed by atoms with Crippen LogP contribution in [0.1, 0.15) is 23.2 Å². The quantitative estimate of drug-likeness (QED) is 0.669. The van der Waals surface area contributed by atoms with E-state index in [2.05, 4.69) is 10.3 Å². The number of primary amides is 1. The standard InChI is InChI=1S/C18H20N4O4.2ClH/c19-16(23)12-2-1-3-14(10-12)26-15-5-4-13(11-21-15)22-17(24)18(20)6-8-25-9-7-18;;/h1-5,10-11H,6-9,20H2,(H2,19,23)(H,22,24);2*1H. The molecule has 2 aromatic rings. The summed E-state index contributed by atoms with van der Waals surface area (Å²) in [5, 5.41) is 2.77. The van der Waals surface area contributed by atoms with Crippen LogP contribution in [0.15, 0.2) is 42.6 Å². The highest BCUT2D eigenvalue weighted by atomic mass is 35.5. The Labute approximate surface area is 174 Å². The van der Waals surface area contributed by atoms with Crippen molar-refractivity contribution in [2.45, 2.75) is 18.4 Å². The summed E-state index contributed by atoms with van der Waals surface area (Å²) in [4.78, 5) is 27.7. The van der Waals surface area contributed by atoms with Crippen LogP contribution in [0.2, 0.25) is 0 Å². The molecule has 1 aliphatic rings. The molecule has 28 heavy (non-hydrogen) atoms. The smallest absolute Gasteiger partial charge is 0.248 e. The number of carbonyl (C=O) groups excluding carboxylic acids is 2. The van der Waals surface area contributed by atoms with Crippen molar-refractivity contribution in [3.05, 3.63) is 48.2 Å². The van der Waals surface area contributed by atoms with E-state index >= 15 is 0 Å². The molecule has 0 spiro atoms. The first-order valence-electron chi connectivity index (χ1n) is 8.18. The van der Waals surface area contributed by atoms with Crippen molar-refractivity contribution in [2.24, 2.45) is 11.5 Å². The summed E-state index contributed by atoms with van der Waals surface area (Å²) < 4.78 is 10.8. The van der Waals surface area contributed by atoms with E-state index in [1.165, 1.54) is 12.3 Å². The van der Waals surface area contributed by atoms with Crippen LogP contribution < -0.4 is 21.5 Å². The second-order valence-corrected chi connectivity index (χ2v) is 6.10. The highest BCUT2D eigenvalue weighted by Crippen LogP contribution is 2.23. The average Bonchev–Trinajstić information content (AvgIpc) is 2.64. The van der Waals surface area contributed by atoms with Crippen LogP contribution in [0.5, 0.6) is 11.6 Å². The van der Waals surface area contributed by atoms with E-state index in [1.807, 2.05) is 0 Å². The third-order valence-electron chi connectivity index (χ3n) is 4.17. The number of aromatic nitrogens is 1. The molecule has 1 fully saturated rings. The van der Waals surface area contributed by atoms with Gasteiger partial charge in [-0.25, -0.2) is 4.98 Å². The fraction of sp³-hybridized carbons (Fsp3) is 0.278. The Balaban J connectivity index is 0.00000196. The number of hydrogen-bond donors (Lipinski definition) is 3. The zero-order chi connectivity index (χ0) is 18.6. The summed E-state index contributed by atoms with van der Waals surface area (Å²) in [6.07, 6.45) is 2.43. The molecular formula is C18H22Cl2N4O4. The molecule has 1 aliphatic heterocycles. The number of nitrogens with two attached hydrogens (primary N) is 2. The number of pyridine rings is 1. The molecule has 0 saturated carbocycles. The number of anilines is 1. The normalized spacial score (nSPS) is 14.8. The molecule has 3 rings (SSSR count). The number of carbonyl (C=O) groups is 2. The Morgan fingerprint density at radius 2 is 1.86 bits per heavy atom. The van der Waals surface area contributed by atoms with E-state index in [1.54, 1.807) is 30.3 Å². The summed E-state index contributed by atoms with van der Waals surface area (Å²) in [6.45, 7) is 0.943. The largest absolute Gasteiger partial charge is 0.439 e. The summed E-state index contributed by atoms with van der Waals surface area (Å²) in [6, 6.07) is 9.76. The van der Waals surface area contributed by atoms with Gasteiger partial charge in [0.15, 0.2) is 0 Å². The van der Waals surface area contributed by atoms with Gasteiger partial charge in [0.25, 0.3) is 0 Å². The fourth-order valence-corrected chi connectivity index (χ4v) is 2.57. The highest BCUT2D eigenvalue weighted by Gasteiger charge is 2.35. The lowest BCUT2D eigenvalue weighted by molar-refractivity contribution is -0.124. The van der Waals surface area contributed by atoms with Crippen LogP contribution in [0.25, 0.3) is 0 Å². The lowest BCUT2D eigenvalue weighted by Crippen LogP contribution is -2.54. The van der Waals surface area contributed by atoms with Gasteiger partial charge in [0.2, 0.25) is 17.7 Å². The second-order valence-electron chi connectivity index (χ2n) is 6.10. The molecule has 2 amide bonds. The van der Waals surface area contributed by atoms with Crippen molar-refractivity contribution in [3.8, 4) is 11.6 Å². The van der Waals surface area contributed by atoms with E-state index in [4.69, 9.17) is 20.9 Å². The van der Waals surface area contributed by atoms with Gasteiger partial charge < -0.3 is 26.3 Å². The molecule has 1 aromatic heterocycles. The van der Waals surface area contributed by atoms with Gasteiger partial charge in [-0.3, -0.25) is 9.59 Å². The van der Waals surface area contributed by atoms with Crippen LogP contribution in [0, 0.1) is 0 Å². The summed E-state index contributed by atoms with van der Waals surface area (Å²) >= 11 is 0. The summed E-state index contributed by atoms with van der Waals surface area (Å²) in [7, 11) is 0. The maximum absolute atomic E-state index is 12.4. The van der Waals surface area contributed by atoms with Crippen molar-refractivity contribution in [1.82, 2.24) is 4.98 Å². The minimum absolute atomic E-state index is 0. The lowest BCUT2D eigenvalue weighted by atomic mass is 9.90. The van der Waals surface area contributed by atoms with E-state index in [9.17, 15) is 9.59 Å². The Bertz CT molecular complexity index is 811. The second kappa shape index (κ2) is 10.2. The van der Waals surface area contributed by atoms with Crippen LogP contribution in [-0.2, 0) is 9.53 Å². The van der Waals surface area contributed by atoms with Gasteiger partial charge in [0, 0.05) is 24.8 Å². The van der Waals surface area contributed by atoms with Gasteiger partial charge in [-0.15, -0.1) is 24.8 Å². The van der Waals surface area contributed by atoms with E-state index in [0.717, 1.165) is 0 Å². The lowest BCUT2D eigenvalue weighted by Gasteiger charge is -2.31. The Morgan fingerprint density at radius 3 is 2.46 bits per heavy atom. The number of benzene rings is 1. The van der Waals surface area contributed by atoms with Crippen LogP contribution in [-0.4, -0.2) is 35.6 Å². The molecule has 152 valence electrons. The molecule has 2 heterocycles. The van der Waals surface area contributed by atoms with Crippen molar-refractivity contribution in [3.63, 3.8) is 0 Å². The fourth-order valence-electron chi connectivity index (χ4n) is 2.57. The molecule has 0 bridgehead atoms. The maximum Gasteiger partial charge on any atom is 0.248 e. The van der Waals surface area contributed by atoms with E-state index in [-0.39, 0.29) is 30.7 Å². The maximum atomic E-state index is 12.4. The monoisotopic (exact) mass is 428 g/mol. The molecule has 0 radical (unpaired) electrons. The molecule has 0 unspecified atom stereocenters. The van der Waals surface area contributed by atoms with Crippen molar-refractivity contribution in [2.75, 3.05) is 18.5 Å². The predicted octanol–water partition coefficient (Wildman–Crippen LogP) is 2.26. The Morgan fingerprint density at radius 1 is 1.14 bits per heavy atom. The molecule has 0 atom stereocenters. The van der Waals surface area contributed by atoms with Gasteiger partial charge >= 0.3 is 0 Å². The van der Waals surface area contributed by atoms with E-state index < -0.39 is 11.4 Å².